The van der Waals surface area contributed by atoms with Gasteiger partial charge in [-0.1, -0.05) is 48.5 Å². The van der Waals surface area contributed by atoms with Crippen LogP contribution in [0.5, 0.6) is 0 Å². The van der Waals surface area contributed by atoms with Crippen molar-refractivity contribution in [2.75, 3.05) is 31.1 Å². The molecule has 0 saturated carbocycles. The van der Waals surface area contributed by atoms with E-state index in [2.05, 4.69) is 17.0 Å². The number of halogens is 2. The van der Waals surface area contributed by atoms with Gasteiger partial charge in [-0.15, -0.1) is 24.8 Å². The molecule has 1 aliphatic heterocycles. The topological polar surface area (TPSA) is 49.6 Å². The van der Waals surface area contributed by atoms with Gasteiger partial charge in [0, 0.05) is 31.9 Å². The van der Waals surface area contributed by atoms with E-state index in [1.807, 2.05) is 53.4 Å². The second kappa shape index (κ2) is 10.3. The number of hydrogen-bond acceptors (Lipinski definition) is 3. The normalized spacial score (nSPS) is 14.9. The van der Waals surface area contributed by atoms with Gasteiger partial charge < -0.3 is 15.5 Å². The van der Waals surface area contributed by atoms with Gasteiger partial charge in [0.25, 0.3) is 0 Å². The molecule has 3 rings (SSSR count). The van der Waals surface area contributed by atoms with Crippen molar-refractivity contribution in [3.63, 3.8) is 0 Å². The number of amides is 1. The Bertz CT molecular complexity index is 632. The fourth-order valence-corrected chi connectivity index (χ4v) is 3.01. The van der Waals surface area contributed by atoms with Crippen LogP contribution >= 0.6 is 24.8 Å². The highest BCUT2D eigenvalue weighted by atomic mass is 35.5. The van der Waals surface area contributed by atoms with Crippen molar-refractivity contribution in [3.8, 4) is 0 Å². The summed E-state index contributed by atoms with van der Waals surface area (Å²) in [5.41, 5.74) is 8.44. The number of hydrogen-bond donors (Lipinski definition) is 1. The minimum atomic E-state index is -0.458. The van der Waals surface area contributed by atoms with Crippen LogP contribution in [0.25, 0.3) is 0 Å². The van der Waals surface area contributed by atoms with Gasteiger partial charge in [0.1, 0.15) is 0 Å². The van der Waals surface area contributed by atoms with Gasteiger partial charge >= 0.3 is 0 Å². The molecule has 1 heterocycles. The van der Waals surface area contributed by atoms with E-state index in [9.17, 15) is 4.79 Å². The zero-order valence-corrected chi connectivity index (χ0v) is 15.7. The number of nitrogens with two attached hydrogens (primary N) is 1. The molecule has 1 atom stereocenters. The molecule has 6 heteroatoms. The molecule has 136 valence electrons. The monoisotopic (exact) mass is 381 g/mol. The average molecular weight is 382 g/mol. The molecule has 25 heavy (non-hydrogen) atoms. The second-order valence-corrected chi connectivity index (χ2v) is 5.94. The molecule has 1 fully saturated rings. The zero-order valence-electron chi connectivity index (χ0n) is 14.1. The van der Waals surface area contributed by atoms with E-state index < -0.39 is 6.04 Å². The molecule has 0 aromatic heterocycles. The SMILES string of the molecule is Cl.Cl.NC(Cc1ccccc1)C(=O)N1CCN(c2ccccc2)CC1. The number of carbonyl (C=O) groups excluding carboxylic acids is 1. The van der Waals surface area contributed by atoms with Crippen molar-refractivity contribution in [1.29, 1.82) is 0 Å². The summed E-state index contributed by atoms with van der Waals surface area (Å²) < 4.78 is 0. The highest BCUT2D eigenvalue weighted by Gasteiger charge is 2.25. The van der Waals surface area contributed by atoms with Crippen LogP contribution < -0.4 is 10.6 Å². The Labute approximate surface area is 161 Å². The van der Waals surface area contributed by atoms with Gasteiger partial charge in [-0.25, -0.2) is 0 Å². The van der Waals surface area contributed by atoms with Gasteiger partial charge in [0.2, 0.25) is 5.91 Å². The third-order valence-corrected chi connectivity index (χ3v) is 4.33. The van der Waals surface area contributed by atoms with Crippen LogP contribution in [-0.2, 0) is 11.2 Å². The first-order valence-electron chi connectivity index (χ1n) is 8.12. The molecule has 2 aromatic rings. The number of carbonyl (C=O) groups is 1. The van der Waals surface area contributed by atoms with Crippen LogP contribution in [-0.4, -0.2) is 43.0 Å². The minimum absolute atomic E-state index is 0. The van der Waals surface area contributed by atoms with Gasteiger partial charge in [-0.2, -0.15) is 0 Å². The van der Waals surface area contributed by atoms with Gasteiger partial charge in [0.15, 0.2) is 0 Å². The molecule has 1 aliphatic rings. The summed E-state index contributed by atoms with van der Waals surface area (Å²) in [6, 6.07) is 19.8. The number of nitrogens with zero attached hydrogens (tertiary/aromatic N) is 2. The Kier molecular flexibility index (Phi) is 8.76. The lowest BCUT2D eigenvalue weighted by Crippen LogP contribution is -2.53. The van der Waals surface area contributed by atoms with Crippen LogP contribution in [0.15, 0.2) is 60.7 Å². The largest absolute Gasteiger partial charge is 0.368 e. The predicted molar refractivity (Wildman–Crippen MR) is 108 cm³/mol. The summed E-state index contributed by atoms with van der Waals surface area (Å²) in [5, 5.41) is 0. The molecule has 2 N–H and O–H groups in total. The fourth-order valence-electron chi connectivity index (χ4n) is 3.01. The van der Waals surface area contributed by atoms with Gasteiger partial charge in [0.05, 0.1) is 6.04 Å². The molecule has 0 spiro atoms. The van der Waals surface area contributed by atoms with Gasteiger partial charge in [-0.05, 0) is 24.1 Å². The van der Waals surface area contributed by atoms with Crippen LogP contribution in [0.4, 0.5) is 5.69 Å². The van der Waals surface area contributed by atoms with Crippen LogP contribution in [0.3, 0.4) is 0 Å². The van der Waals surface area contributed by atoms with Crippen molar-refractivity contribution >= 4 is 36.4 Å². The molecule has 1 amide bonds. The standard InChI is InChI=1S/C19H23N3O.2ClH/c20-18(15-16-7-3-1-4-8-16)19(23)22-13-11-21(12-14-22)17-9-5-2-6-10-17;;/h1-10,18H,11-15,20H2;2*1H. The number of rotatable bonds is 4. The molecule has 2 aromatic carbocycles. The zero-order chi connectivity index (χ0) is 16.1. The highest BCUT2D eigenvalue weighted by molar-refractivity contribution is 5.85. The summed E-state index contributed by atoms with van der Waals surface area (Å²) in [6.07, 6.45) is 0.596. The lowest BCUT2D eigenvalue weighted by Gasteiger charge is -2.37. The molecular weight excluding hydrogens is 357 g/mol. The Morgan fingerprint density at radius 3 is 1.96 bits per heavy atom. The van der Waals surface area contributed by atoms with Crippen LogP contribution in [0.1, 0.15) is 5.56 Å². The maximum Gasteiger partial charge on any atom is 0.239 e. The highest BCUT2D eigenvalue weighted by Crippen LogP contribution is 2.16. The molecule has 0 radical (unpaired) electrons. The number of anilines is 1. The van der Waals surface area contributed by atoms with Crippen molar-refractivity contribution < 1.29 is 4.79 Å². The molecule has 4 nitrogen and oxygen atoms in total. The smallest absolute Gasteiger partial charge is 0.239 e. The first kappa shape index (κ1) is 21.3. The summed E-state index contributed by atoms with van der Waals surface area (Å²) in [6.45, 7) is 3.17. The van der Waals surface area contributed by atoms with E-state index in [1.165, 1.54) is 5.69 Å². The Morgan fingerprint density at radius 2 is 1.40 bits per heavy atom. The van der Waals surface area contributed by atoms with E-state index >= 15 is 0 Å². The molecular formula is C19H25Cl2N3O. The van der Waals surface area contributed by atoms with Crippen molar-refractivity contribution in [2.45, 2.75) is 12.5 Å². The lowest BCUT2D eigenvalue weighted by molar-refractivity contribution is -0.132. The number of para-hydroxylation sites is 1. The quantitative estimate of drug-likeness (QED) is 0.885. The number of benzene rings is 2. The van der Waals surface area contributed by atoms with E-state index in [-0.39, 0.29) is 30.7 Å². The maximum atomic E-state index is 12.5. The van der Waals surface area contributed by atoms with Crippen molar-refractivity contribution in [3.05, 3.63) is 66.2 Å². The van der Waals surface area contributed by atoms with Crippen molar-refractivity contribution in [1.82, 2.24) is 4.90 Å². The maximum absolute atomic E-state index is 12.5. The van der Waals surface area contributed by atoms with E-state index in [1.54, 1.807) is 0 Å². The first-order valence-corrected chi connectivity index (χ1v) is 8.12. The summed E-state index contributed by atoms with van der Waals surface area (Å²) in [5.74, 6) is 0.0570. The Morgan fingerprint density at radius 1 is 0.880 bits per heavy atom. The van der Waals surface area contributed by atoms with E-state index in [4.69, 9.17) is 5.73 Å². The van der Waals surface area contributed by atoms with Gasteiger partial charge in [-0.3, -0.25) is 4.79 Å². The third kappa shape index (κ3) is 5.63. The van der Waals surface area contributed by atoms with Crippen LogP contribution in [0, 0.1) is 0 Å². The molecule has 0 bridgehead atoms. The third-order valence-electron chi connectivity index (χ3n) is 4.33. The molecule has 1 saturated heterocycles. The second-order valence-electron chi connectivity index (χ2n) is 5.94. The fraction of sp³-hybridized carbons (Fsp3) is 0.316. The summed E-state index contributed by atoms with van der Waals surface area (Å²) in [7, 11) is 0. The Balaban J connectivity index is 0.00000156. The predicted octanol–water partition coefficient (Wildman–Crippen LogP) is 2.75. The lowest BCUT2D eigenvalue weighted by atomic mass is 10.1. The first-order chi connectivity index (χ1) is 11.2. The van der Waals surface area contributed by atoms with E-state index in [0.29, 0.717) is 6.42 Å². The molecule has 1 unspecified atom stereocenters. The Hall–Kier alpha value is -1.75. The molecule has 0 aliphatic carbocycles. The average Bonchev–Trinajstić information content (AvgIpc) is 2.63. The minimum Gasteiger partial charge on any atom is -0.368 e. The summed E-state index contributed by atoms with van der Waals surface area (Å²) in [4.78, 5) is 16.7. The van der Waals surface area contributed by atoms with Crippen LogP contribution in [0.2, 0.25) is 0 Å². The van der Waals surface area contributed by atoms with Crippen molar-refractivity contribution in [2.24, 2.45) is 5.73 Å². The summed E-state index contributed by atoms with van der Waals surface area (Å²) >= 11 is 0. The number of piperazine rings is 1. The van der Waals surface area contributed by atoms with E-state index in [0.717, 1.165) is 31.7 Å².